The number of ether oxygens (including phenoxy) is 3. The lowest BCUT2D eigenvalue weighted by Gasteiger charge is -2.38. The number of fused-ring (bicyclic) bond motifs is 3. The van der Waals surface area contributed by atoms with Gasteiger partial charge in [0.2, 0.25) is 0 Å². The molecule has 2 aromatic carbocycles. The third-order valence-electron chi connectivity index (χ3n) is 6.09. The summed E-state index contributed by atoms with van der Waals surface area (Å²) < 4.78 is 15.8. The second-order valence-electron chi connectivity index (χ2n) is 11.2. The van der Waals surface area contributed by atoms with E-state index in [4.69, 9.17) is 14.2 Å². The zero-order valence-electron chi connectivity index (χ0n) is 22.3. The molecule has 0 radical (unpaired) electrons. The minimum absolute atomic E-state index is 0.222. The molecule has 2 aromatic rings. The van der Waals surface area contributed by atoms with E-state index in [1.54, 1.807) is 41.5 Å². The maximum absolute atomic E-state index is 13.8. The van der Waals surface area contributed by atoms with Crippen LogP contribution in [0.2, 0.25) is 0 Å². The van der Waals surface area contributed by atoms with E-state index in [2.05, 4.69) is 0 Å². The van der Waals surface area contributed by atoms with Crippen molar-refractivity contribution in [3.8, 4) is 0 Å². The van der Waals surface area contributed by atoms with Gasteiger partial charge in [0.15, 0.2) is 0 Å². The van der Waals surface area contributed by atoms with Crippen LogP contribution in [0, 0.1) is 0 Å². The summed E-state index contributed by atoms with van der Waals surface area (Å²) in [5, 5.41) is 0. The van der Waals surface area contributed by atoms with Crippen molar-refractivity contribution in [2.24, 2.45) is 0 Å². The highest BCUT2D eigenvalue weighted by Gasteiger charge is 2.66. The maximum Gasteiger partial charge on any atom is 0.416 e. The minimum Gasteiger partial charge on any atom is -0.467 e. The van der Waals surface area contributed by atoms with Gasteiger partial charge in [-0.25, -0.2) is 14.4 Å². The minimum atomic E-state index is -0.973. The van der Waals surface area contributed by atoms with Crippen molar-refractivity contribution in [1.82, 2.24) is 4.90 Å². The topological polar surface area (TPSA) is 85.4 Å². The van der Waals surface area contributed by atoms with Crippen molar-refractivity contribution in [2.45, 2.75) is 81.0 Å². The number of nitrogens with zero attached hydrogens (tertiary/aromatic N) is 2. The van der Waals surface area contributed by atoms with E-state index < -0.39 is 46.3 Å². The summed E-state index contributed by atoms with van der Waals surface area (Å²) in [5.41, 5.74) is -0.139. The van der Waals surface area contributed by atoms with Crippen LogP contribution in [-0.2, 0) is 23.8 Å². The Balaban J connectivity index is 1.94. The van der Waals surface area contributed by atoms with Gasteiger partial charge in [0.05, 0.1) is 17.5 Å². The normalized spacial score (nSPS) is 22.8. The number of thioether (sulfide) groups is 1. The first-order chi connectivity index (χ1) is 17.3. The number of likely N-dealkylation sites (tertiary alicyclic amines) is 1. The van der Waals surface area contributed by atoms with Gasteiger partial charge in [0.1, 0.15) is 23.4 Å². The molecule has 0 N–H and O–H groups in total. The van der Waals surface area contributed by atoms with Gasteiger partial charge in [0.25, 0.3) is 0 Å². The van der Waals surface area contributed by atoms with Gasteiger partial charge in [-0.05, 0) is 65.3 Å². The lowest BCUT2D eigenvalue weighted by molar-refractivity contribution is -0.146. The summed E-state index contributed by atoms with van der Waals surface area (Å²) >= 11 is 1.52. The zero-order valence-corrected chi connectivity index (χ0v) is 23.1. The Hall–Kier alpha value is -3.20. The monoisotopic (exact) mass is 526 g/mol. The average Bonchev–Trinajstić information content (AvgIpc) is 3.26. The molecular weight excluding hydrogens is 492 g/mol. The van der Waals surface area contributed by atoms with E-state index in [-0.39, 0.29) is 6.42 Å². The Labute approximate surface area is 222 Å². The predicted molar refractivity (Wildman–Crippen MR) is 141 cm³/mol. The van der Waals surface area contributed by atoms with E-state index in [1.165, 1.54) is 28.7 Å². The molecule has 4 rings (SSSR count). The second kappa shape index (κ2) is 9.59. The SMILES string of the molecule is COC(=O)C1CC2(Sc3ccccc3)c3ccccc3N(C(=O)OC(C)(C)C)[C@H]2N1C(=O)OC(C)(C)C. The molecule has 1 fully saturated rings. The number of hydrogen-bond acceptors (Lipinski definition) is 7. The lowest BCUT2D eigenvalue weighted by Crippen LogP contribution is -2.57. The first kappa shape index (κ1) is 26.9. The molecule has 37 heavy (non-hydrogen) atoms. The highest BCUT2D eigenvalue weighted by Crippen LogP contribution is 2.62. The number of benzene rings is 2. The third-order valence-corrected chi connectivity index (χ3v) is 7.56. The summed E-state index contributed by atoms with van der Waals surface area (Å²) in [6.45, 7) is 10.6. The van der Waals surface area contributed by atoms with Crippen LogP contribution < -0.4 is 4.90 Å². The van der Waals surface area contributed by atoms with Crippen molar-refractivity contribution < 1.29 is 28.6 Å². The standard InChI is InChI=1S/C28H34N2O6S/c1-26(2,3)35-24(32)29-20-16-12-11-15-19(20)28(37-18-13-9-8-10-14-18)17-21(22(31)34-7)30(23(28)29)25(33)36-27(4,5)6/h8-16,21,23H,17H2,1-7H3/t21?,23-,28?/m0/s1. The van der Waals surface area contributed by atoms with Crippen LogP contribution in [-0.4, -0.2) is 53.6 Å². The molecule has 0 spiro atoms. The van der Waals surface area contributed by atoms with Crippen LogP contribution in [0.15, 0.2) is 59.5 Å². The summed E-state index contributed by atoms with van der Waals surface area (Å²) in [4.78, 5) is 44.4. The fourth-order valence-corrected chi connectivity index (χ4v) is 6.44. The molecule has 2 amide bonds. The molecule has 9 heteroatoms. The van der Waals surface area contributed by atoms with Crippen LogP contribution in [0.4, 0.5) is 15.3 Å². The van der Waals surface area contributed by atoms with Gasteiger partial charge in [0, 0.05) is 11.3 Å². The summed E-state index contributed by atoms with van der Waals surface area (Å²) in [7, 11) is 1.29. The third kappa shape index (κ3) is 5.14. The smallest absolute Gasteiger partial charge is 0.416 e. The van der Waals surface area contributed by atoms with Gasteiger partial charge in [-0.15, -0.1) is 11.8 Å². The van der Waals surface area contributed by atoms with Crippen molar-refractivity contribution in [3.63, 3.8) is 0 Å². The Bertz CT molecular complexity index is 1190. The van der Waals surface area contributed by atoms with Crippen LogP contribution in [0.1, 0.15) is 53.5 Å². The molecule has 1 saturated heterocycles. The number of para-hydroxylation sites is 1. The van der Waals surface area contributed by atoms with Crippen LogP contribution >= 0.6 is 11.8 Å². The number of hydrogen-bond donors (Lipinski definition) is 0. The second-order valence-corrected chi connectivity index (χ2v) is 12.6. The molecule has 2 unspecified atom stereocenters. The molecule has 2 heterocycles. The van der Waals surface area contributed by atoms with Gasteiger partial charge in [-0.1, -0.05) is 36.4 Å². The number of amides is 2. The van der Waals surface area contributed by atoms with Gasteiger partial charge < -0.3 is 14.2 Å². The van der Waals surface area contributed by atoms with E-state index in [0.717, 1.165) is 10.5 Å². The summed E-state index contributed by atoms with van der Waals surface area (Å²) in [6.07, 6.45) is -1.99. The van der Waals surface area contributed by atoms with Gasteiger partial charge in [-0.2, -0.15) is 0 Å². The quantitative estimate of drug-likeness (QED) is 0.362. The molecular formula is C28H34N2O6S. The molecule has 0 bridgehead atoms. The number of rotatable bonds is 3. The van der Waals surface area contributed by atoms with Crippen LogP contribution in [0.5, 0.6) is 0 Å². The Morgan fingerprint density at radius 1 is 0.865 bits per heavy atom. The largest absolute Gasteiger partial charge is 0.467 e. The molecule has 198 valence electrons. The molecule has 8 nitrogen and oxygen atoms in total. The van der Waals surface area contributed by atoms with E-state index >= 15 is 0 Å². The van der Waals surface area contributed by atoms with E-state index in [9.17, 15) is 14.4 Å². The number of carbonyl (C=O) groups is 3. The molecule has 2 aliphatic heterocycles. The molecule has 0 aliphatic carbocycles. The fraction of sp³-hybridized carbons (Fsp3) is 0.464. The number of anilines is 1. The average molecular weight is 527 g/mol. The zero-order chi connectivity index (χ0) is 27.2. The lowest BCUT2D eigenvalue weighted by atomic mass is 9.95. The van der Waals surface area contributed by atoms with Gasteiger partial charge in [-0.3, -0.25) is 9.80 Å². The van der Waals surface area contributed by atoms with Crippen LogP contribution in [0.25, 0.3) is 0 Å². The molecule has 0 aromatic heterocycles. The number of esters is 1. The molecule has 0 saturated carbocycles. The van der Waals surface area contributed by atoms with Crippen molar-refractivity contribution in [1.29, 1.82) is 0 Å². The van der Waals surface area contributed by atoms with Crippen molar-refractivity contribution in [3.05, 3.63) is 60.2 Å². The van der Waals surface area contributed by atoms with E-state index in [0.29, 0.717) is 5.69 Å². The van der Waals surface area contributed by atoms with Crippen molar-refractivity contribution >= 4 is 35.6 Å². The first-order valence-electron chi connectivity index (χ1n) is 12.2. The summed E-state index contributed by atoms with van der Waals surface area (Å²) in [5.74, 6) is -0.574. The Morgan fingerprint density at radius 2 is 1.43 bits per heavy atom. The maximum atomic E-state index is 13.8. The first-order valence-corrected chi connectivity index (χ1v) is 13.0. The van der Waals surface area contributed by atoms with Crippen LogP contribution in [0.3, 0.4) is 0 Å². The van der Waals surface area contributed by atoms with Gasteiger partial charge >= 0.3 is 18.2 Å². The number of methoxy groups -OCH3 is 1. The summed E-state index contributed by atoms with van der Waals surface area (Å²) in [6, 6.07) is 16.3. The predicted octanol–water partition coefficient (Wildman–Crippen LogP) is 5.94. The number of carbonyl (C=O) groups excluding carboxylic acids is 3. The highest BCUT2D eigenvalue weighted by atomic mass is 32.2. The van der Waals surface area contributed by atoms with Crippen molar-refractivity contribution in [2.75, 3.05) is 12.0 Å². The molecule has 2 aliphatic rings. The highest BCUT2D eigenvalue weighted by molar-refractivity contribution is 8.00. The molecule has 3 atom stereocenters. The Morgan fingerprint density at radius 3 is 2.03 bits per heavy atom. The fourth-order valence-electron chi connectivity index (χ4n) is 4.87. The van der Waals surface area contributed by atoms with E-state index in [1.807, 2.05) is 54.6 Å². The Kier molecular flexibility index (Phi) is 6.96.